The van der Waals surface area contributed by atoms with E-state index in [0.717, 1.165) is 5.57 Å². The van der Waals surface area contributed by atoms with Gasteiger partial charge in [0.05, 0.1) is 20.6 Å². The third-order valence-corrected chi connectivity index (χ3v) is 9.80. The summed E-state index contributed by atoms with van der Waals surface area (Å²) in [7, 11) is 3.08. The van der Waals surface area contributed by atoms with E-state index in [2.05, 4.69) is 13.5 Å². The highest BCUT2D eigenvalue weighted by atomic mass is 16.6. The lowest BCUT2D eigenvalue weighted by Gasteiger charge is -2.57. The van der Waals surface area contributed by atoms with Crippen LogP contribution in [-0.2, 0) is 39.8 Å². The standard InChI is InChI=1S/C34H44O9/c1-18-25(37)16-24-32(42-21(4)36)31-19(2)26(43-29(38)15-22-14-23(39-8)10-11-27(22)40-9)12-13-34(31,7)17-28(41-20(3)35)30(18)33(24,5)6/h10-11,14,24,26,28,31-32H,2,12-13,15-17H2,1,3-9H3/t24-,26-,28-,31-,32+,34-/m0/s1. The lowest BCUT2D eigenvalue weighted by Crippen LogP contribution is -2.58. The average Bonchev–Trinajstić information content (AvgIpc) is 2.90. The predicted molar refractivity (Wildman–Crippen MR) is 158 cm³/mol. The second-order valence-corrected chi connectivity index (χ2v) is 12.9. The summed E-state index contributed by atoms with van der Waals surface area (Å²) in [6.07, 6.45) is -0.319. The third kappa shape index (κ3) is 6.22. The Bertz CT molecular complexity index is 1360. The van der Waals surface area contributed by atoms with Crippen LogP contribution in [0.3, 0.4) is 0 Å². The molecule has 0 radical (unpaired) electrons. The Balaban J connectivity index is 1.72. The van der Waals surface area contributed by atoms with E-state index in [9.17, 15) is 19.2 Å². The minimum absolute atomic E-state index is 0.0361. The summed E-state index contributed by atoms with van der Waals surface area (Å²) in [4.78, 5) is 51.6. The van der Waals surface area contributed by atoms with E-state index < -0.39 is 58.9 Å². The molecular formula is C34H44O9. The molecule has 0 unspecified atom stereocenters. The Kier molecular flexibility index (Phi) is 9.14. The van der Waals surface area contributed by atoms with Crippen LogP contribution in [0.2, 0.25) is 0 Å². The normalized spacial score (nSPS) is 29.9. The van der Waals surface area contributed by atoms with Crippen LogP contribution in [0.15, 0.2) is 41.5 Å². The van der Waals surface area contributed by atoms with Gasteiger partial charge in [-0.25, -0.2) is 0 Å². The molecule has 0 spiro atoms. The van der Waals surface area contributed by atoms with Crippen LogP contribution in [0.25, 0.3) is 0 Å². The van der Waals surface area contributed by atoms with Gasteiger partial charge in [0, 0.05) is 37.7 Å². The van der Waals surface area contributed by atoms with Crippen LogP contribution in [0.5, 0.6) is 11.5 Å². The fraction of sp³-hybridized carbons (Fsp3) is 0.588. The summed E-state index contributed by atoms with van der Waals surface area (Å²) in [6.45, 7) is 15.1. The van der Waals surface area contributed by atoms with Crippen LogP contribution in [0.4, 0.5) is 0 Å². The van der Waals surface area contributed by atoms with Crippen LogP contribution in [0, 0.1) is 22.7 Å². The van der Waals surface area contributed by atoms with Gasteiger partial charge in [-0.15, -0.1) is 0 Å². The van der Waals surface area contributed by atoms with Gasteiger partial charge in [0.2, 0.25) is 0 Å². The zero-order valence-electron chi connectivity index (χ0n) is 26.5. The lowest BCUT2D eigenvalue weighted by molar-refractivity contribution is -0.172. The van der Waals surface area contributed by atoms with Crippen molar-refractivity contribution in [3.05, 3.63) is 47.1 Å². The van der Waals surface area contributed by atoms with Crippen molar-refractivity contribution in [3.63, 3.8) is 0 Å². The van der Waals surface area contributed by atoms with Crippen molar-refractivity contribution in [2.75, 3.05) is 14.2 Å². The fourth-order valence-electron chi connectivity index (χ4n) is 7.82. The summed E-state index contributed by atoms with van der Waals surface area (Å²) in [5.74, 6) is -1.13. The van der Waals surface area contributed by atoms with E-state index in [1.54, 1.807) is 32.2 Å². The Morgan fingerprint density at radius 1 is 0.977 bits per heavy atom. The second kappa shape index (κ2) is 12.2. The van der Waals surface area contributed by atoms with E-state index in [4.69, 9.17) is 23.7 Å². The molecule has 0 amide bonds. The zero-order chi connectivity index (χ0) is 31.9. The molecule has 3 aliphatic carbocycles. The predicted octanol–water partition coefficient (Wildman–Crippen LogP) is 5.33. The first-order valence-electron chi connectivity index (χ1n) is 14.8. The molecule has 0 aliphatic heterocycles. The van der Waals surface area contributed by atoms with Gasteiger partial charge < -0.3 is 23.7 Å². The number of fused-ring (bicyclic) bond motifs is 3. The molecule has 6 atom stereocenters. The first-order valence-corrected chi connectivity index (χ1v) is 14.8. The number of benzene rings is 1. The van der Waals surface area contributed by atoms with Gasteiger partial charge in [0.15, 0.2) is 5.78 Å². The van der Waals surface area contributed by atoms with Crippen LogP contribution >= 0.6 is 0 Å². The van der Waals surface area contributed by atoms with E-state index in [-0.39, 0.29) is 18.6 Å². The minimum atomic E-state index is -0.699. The highest BCUT2D eigenvalue weighted by Gasteiger charge is 2.59. The number of hydrogen-bond donors (Lipinski definition) is 0. The molecular weight excluding hydrogens is 552 g/mol. The zero-order valence-corrected chi connectivity index (χ0v) is 26.5. The Labute approximate surface area is 253 Å². The fourth-order valence-corrected chi connectivity index (χ4v) is 7.82. The number of carbonyl (C=O) groups is 4. The Morgan fingerprint density at radius 2 is 1.65 bits per heavy atom. The summed E-state index contributed by atoms with van der Waals surface area (Å²) in [5.41, 5.74) is 1.48. The molecule has 3 aliphatic rings. The summed E-state index contributed by atoms with van der Waals surface area (Å²) < 4.78 is 28.8. The molecule has 9 heteroatoms. The number of ketones is 1. The summed E-state index contributed by atoms with van der Waals surface area (Å²) >= 11 is 0. The van der Waals surface area contributed by atoms with Crippen LogP contribution in [-0.4, -0.2) is 56.2 Å². The maximum atomic E-state index is 13.4. The van der Waals surface area contributed by atoms with E-state index in [1.807, 2.05) is 13.8 Å². The number of rotatable bonds is 7. The van der Waals surface area contributed by atoms with Crippen LogP contribution < -0.4 is 9.47 Å². The molecule has 0 saturated heterocycles. The van der Waals surface area contributed by atoms with E-state index in [0.29, 0.717) is 47.5 Å². The van der Waals surface area contributed by atoms with Gasteiger partial charge in [-0.05, 0) is 71.9 Å². The molecule has 4 rings (SSSR count). The van der Waals surface area contributed by atoms with Crippen molar-refractivity contribution in [1.29, 1.82) is 0 Å². The quantitative estimate of drug-likeness (QED) is 0.234. The highest BCUT2D eigenvalue weighted by Crippen LogP contribution is 2.59. The molecule has 2 bridgehead atoms. The number of methoxy groups -OCH3 is 2. The summed E-state index contributed by atoms with van der Waals surface area (Å²) in [5, 5.41) is 0. The third-order valence-electron chi connectivity index (χ3n) is 9.80. The topological polar surface area (TPSA) is 114 Å². The molecule has 234 valence electrons. The first kappa shape index (κ1) is 32.3. The maximum Gasteiger partial charge on any atom is 0.311 e. The number of Topliss-reactive ketones (excluding diaryl/α,β-unsaturated/α-hetero) is 1. The average molecular weight is 597 g/mol. The molecule has 0 heterocycles. The SMILES string of the molecule is C=C1[C@@H](OC(=O)Cc2cc(OC)ccc2OC)CC[C@@]2(C)C[C@H](OC(C)=O)C3=C(C)C(=O)C[C@@H]([C@@H](OC(C)=O)[C@H]12)C3(C)C. The van der Waals surface area contributed by atoms with Gasteiger partial charge in [0.25, 0.3) is 0 Å². The lowest BCUT2D eigenvalue weighted by atomic mass is 9.50. The van der Waals surface area contributed by atoms with Gasteiger partial charge in [-0.3, -0.25) is 19.2 Å². The van der Waals surface area contributed by atoms with Gasteiger partial charge in [0.1, 0.15) is 29.8 Å². The van der Waals surface area contributed by atoms with Gasteiger partial charge in [-0.1, -0.05) is 27.4 Å². The second-order valence-electron chi connectivity index (χ2n) is 12.9. The Hall–Kier alpha value is -3.62. The number of carbonyl (C=O) groups excluding carboxylic acids is 4. The number of hydrogen-bond acceptors (Lipinski definition) is 9. The molecule has 2 saturated carbocycles. The highest BCUT2D eigenvalue weighted by molar-refractivity contribution is 5.97. The number of allylic oxidation sites excluding steroid dienone is 1. The van der Waals surface area contributed by atoms with Crippen LogP contribution in [0.1, 0.15) is 72.8 Å². The largest absolute Gasteiger partial charge is 0.497 e. The van der Waals surface area contributed by atoms with Crippen molar-refractivity contribution in [2.45, 2.75) is 92.0 Å². The molecule has 1 aromatic rings. The maximum absolute atomic E-state index is 13.4. The van der Waals surface area contributed by atoms with Crippen molar-refractivity contribution in [2.24, 2.45) is 22.7 Å². The molecule has 1 aromatic carbocycles. The Morgan fingerprint density at radius 3 is 2.26 bits per heavy atom. The van der Waals surface area contributed by atoms with Crippen molar-refractivity contribution < 1.29 is 42.9 Å². The molecule has 9 nitrogen and oxygen atoms in total. The van der Waals surface area contributed by atoms with Gasteiger partial charge in [-0.2, -0.15) is 0 Å². The molecule has 0 N–H and O–H groups in total. The number of esters is 3. The first-order chi connectivity index (χ1) is 20.1. The molecule has 2 fully saturated rings. The number of ether oxygens (including phenoxy) is 5. The monoisotopic (exact) mass is 596 g/mol. The molecule has 0 aromatic heterocycles. The molecule has 43 heavy (non-hydrogen) atoms. The van der Waals surface area contributed by atoms with E-state index >= 15 is 0 Å². The van der Waals surface area contributed by atoms with Crippen molar-refractivity contribution in [1.82, 2.24) is 0 Å². The van der Waals surface area contributed by atoms with E-state index in [1.165, 1.54) is 21.0 Å². The summed E-state index contributed by atoms with van der Waals surface area (Å²) in [6, 6.07) is 5.23. The van der Waals surface area contributed by atoms with Crippen molar-refractivity contribution >= 4 is 23.7 Å². The van der Waals surface area contributed by atoms with Gasteiger partial charge >= 0.3 is 17.9 Å². The minimum Gasteiger partial charge on any atom is -0.497 e. The van der Waals surface area contributed by atoms with Crippen molar-refractivity contribution in [3.8, 4) is 11.5 Å². The smallest absolute Gasteiger partial charge is 0.311 e.